The number of amides is 1. The van der Waals surface area contributed by atoms with Gasteiger partial charge in [0.2, 0.25) is 5.96 Å². The molecule has 4 rings (SSSR count). The molecule has 0 atom stereocenters. The van der Waals surface area contributed by atoms with Crippen LogP contribution < -0.4 is 21.8 Å². The minimum atomic E-state index is -0.202. The zero-order valence-electron chi connectivity index (χ0n) is 15.0. The van der Waals surface area contributed by atoms with Gasteiger partial charge in [-0.15, -0.1) is 5.10 Å². The maximum Gasteiger partial charge on any atom is 0.258 e. The highest BCUT2D eigenvalue weighted by Crippen LogP contribution is 2.40. The number of anilines is 2. The average Bonchev–Trinajstić information content (AvgIpc) is 3.05. The number of nitrogens with two attached hydrogens (primary N) is 2. The molecule has 6 nitrogen and oxygen atoms in total. The van der Waals surface area contributed by atoms with E-state index in [0.29, 0.717) is 11.3 Å². The van der Waals surface area contributed by atoms with Crippen LogP contribution in [0.4, 0.5) is 11.4 Å². The van der Waals surface area contributed by atoms with E-state index in [-0.39, 0.29) is 11.9 Å². The lowest BCUT2D eigenvalue weighted by atomic mass is 9.99. The molecule has 1 amide bonds. The minimum Gasteiger partial charge on any atom is -0.369 e. The summed E-state index contributed by atoms with van der Waals surface area (Å²) in [5.74, 6) is -0.309. The standard InChI is InChI=1S/C22H19N5O/c23-22(24)26-27(16-11-5-2-6-12-16)20(15-9-3-1-4-10-15)19-17-13-7-8-14-18(17)25-21(19)28/h1-14H,(H,25,28)(H4,23,24,26)/b20-19-. The quantitative estimate of drug-likeness (QED) is 0.285. The van der Waals surface area contributed by atoms with Gasteiger partial charge in [0.15, 0.2) is 0 Å². The van der Waals surface area contributed by atoms with Crippen LogP contribution in [0.2, 0.25) is 0 Å². The highest BCUT2D eigenvalue weighted by Gasteiger charge is 2.31. The van der Waals surface area contributed by atoms with Gasteiger partial charge in [-0.25, -0.2) is 5.01 Å². The van der Waals surface area contributed by atoms with E-state index in [2.05, 4.69) is 10.4 Å². The fourth-order valence-electron chi connectivity index (χ4n) is 3.24. The number of hydrogen-bond donors (Lipinski definition) is 3. The highest BCUT2D eigenvalue weighted by molar-refractivity contribution is 6.37. The number of guanidine groups is 1. The monoisotopic (exact) mass is 369 g/mol. The molecule has 28 heavy (non-hydrogen) atoms. The van der Waals surface area contributed by atoms with Crippen LogP contribution >= 0.6 is 0 Å². The molecule has 3 aromatic rings. The van der Waals surface area contributed by atoms with Gasteiger partial charge in [0.05, 0.1) is 17.0 Å². The molecule has 0 radical (unpaired) electrons. The van der Waals surface area contributed by atoms with E-state index in [1.54, 1.807) is 5.01 Å². The van der Waals surface area contributed by atoms with Gasteiger partial charge in [0.1, 0.15) is 0 Å². The van der Waals surface area contributed by atoms with Crippen molar-refractivity contribution in [2.75, 3.05) is 10.3 Å². The summed E-state index contributed by atoms with van der Waals surface area (Å²) in [6.07, 6.45) is 0. The molecular formula is C22H19N5O. The Bertz CT molecular complexity index is 1070. The molecule has 0 spiro atoms. The van der Waals surface area contributed by atoms with Crippen LogP contribution in [0.3, 0.4) is 0 Å². The lowest BCUT2D eigenvalue weighted by Gasteiger charge is -2.24. The predicted molar refractivity (Wildman–Crippen MR) is 113 cm³/mol. The normalized spacial score (nSPS) is 14.1. The largest absolute Gasteiger partial charge is 0.369 e. The second-order valence-electron chi connectivity index (χ2n) is 6.26. The van der Waals surface area contributed by atoms with Crippen molar-refractivity contribution in [1.29, 1.82) is 0 Å². The number of benzene rings is 3. The first-order valence-corrected chi connectivity index (χ1v) is 8.80. The highest BCUT2D eigenvalue weighted by atomic mass is 16.2. The van der Waals surface area contributed by atoms with Crippen molar-refractivity contribution >= 4 is 34.5 Å². The van der Waals surface area contributed by atoms with E-state index in [1.165, 1.54) is 0 Å². The Morgan fingerprint density at radius 3 is 2.11 bits per heavy atom. The molecule has 1 aliphatic rings. The molecule has 0 aliphatic carbocycles. The first-order chi connectivity index (χ1) is 13.6. The third-order valence-corrected chi connectivity index (χ3v) is 4.38. The summed E-state index contributed by atoms with van der Waals surface area (Å²) < 4.78 is 0. The van der Waals surface area contributed by atoms with Crippen LogP contribution in [-0.4, -0.2) is 11.9 Å². The molecule has 0 fully saturated rings. The Morgan fingerprint density at radius 1 is 0.821 bits per heavy atom. The summed E-state index contributed by atoms with van der Waals surface area (Å²) in [6, 6.07) is 26.6. The first kappa shape index (κ1) is 17.4. The maximum atomic E-state index is 13.0. The Labute approximate surface area is 162 Å². The van der Waals surface area contributed by atoms with Gasteiger partial charge >= 0.3 is 0 Å². The van der Waals surface area contributed by atoms with Crippen LogP contribution in [0.15, 0.2) is 90.0 Å². The molecule has 0 saturated carbocycles. The fraction of sp³-hybridized carbons (Fsp3) is 0. The van der Waals surface area contributed by atoms with Crippen LogP contribution in [0.5, 0.6) is 0 Å². The van der Waals surface area contributed by atoms with Crippen molar-refractivity contribution in [2.45, 2.75) is 0 Å². The molecule has 0 aromatic heterocycles. The summed E-state index contributed by atoms with van der Waals surface area (Å²) in [5, 5.41) is 8.88. The van der Waals surface area contributed by atoms with Crippen molar-refractivity contribution < 1.29 is 4.79 Å². The van der Waals surface area contributed by atoms with Crippen molar-refractivity contribution in [1.82, 2.24) is 0 Å². The summed E-state index contributed by atoms with van der Waals surface area (Å²) in [4.78, 5) is 13.0. The average molecular weight is 369 g/mol. The summed E-state index contributed by atoms with van der Waals surface area (Å²) in [7, 11) is 0. The van der Waals surface area contributed by atoms with E-state index < -0.39 is 0 Å². The number of fused-ring (bicyclic) bond motifs is 1. The van der Waals surface area contributed by atoms with E-state index in [9.17, 15) is 4.79 Å². The van der Waals surface area contributed by atoms with E-state index >= 15 is 0 Å². The molecule has 6 heteroatoms. The zero-order valence-corrected chi connectivity index (χ0v) is 15.0. The van der Waals surface area contributed by atoms with Crippen LogP contribution in [-0.2, 0) is 4.79 Å². The number of nitrogens with zero attached hydrogens (tertiary/aromatic N) is 2. The summed E-state index contributed by atoms with van der Waals surface area (Å²) >= 11 is 0. The lowest BCUT2D eigenvalue weighted by Crippen LogP contribution is -2.29. The van der Waals surface area contributed by atoms with Crippen LogP contribution in [0.1, 0.15) is 11.1 Å². The predicted octanol–water partition coefficient (Wildman–Crippen LogP) is 3.20. The van der Waals surface area contributed by atoms with E-state index in [4.69, 9.17) is 11.5 Å². The topological polar surface area (TPSA) is 96.7 Å². The summed E-state index contributed by atoms with van der Waals surface area (Å²) in [6.45, 7) is 0. The van der Waals surface area contributed by atoms with Gasteiger partial charge in [-0.3, -0.25) is 4.79 Å². The Morgan fingerprint density at radius 2 is 1.43 bits per heavy atom. The Hall–Kier alpha value is -4.06. The van der Waals surface area contributed by atoms with Crippen molar-refractivity contribution in [3.8, 4) is 0 Å². The molecule has 1 aliphatic heterocycles. The molecule has 0 unspecified atom stereocenters. The van der Waals surface area contributed by atoms with Gasteiger partial charge in [0, 0.05) is 16.8 Å². The number of nitrogens with one attached hydrogen (secondary N) is 1. The van der Waals surface area contributed by atoms with Crippen LogP contribution in [0.25, 0.3) is 11.3 Å². The second kappa shape index (κ2) is 7.28. The second-order valence-corrected chi connectivity index (χ2v) is 6.26. The summed E-state index contributed by atoms with van der Waals surface area (Å²) in [5.41, 5.74) is 15.7. The first-order valence-electron chi connectivity index (χ1n) is 8.80. The number of hydrogen-bond acceptors (Lipinski definition) is 3. The van der Waals surface area contributed by atoms with Crippen molar-refractivity contribution in [3.63, 3.8) is 0 Å². The van der Waals surface area contributed by atoms with E-state index in [1.807, 2.05) is 84.9 Å². The molecule has 0 bridgehead atoms. The minimum absolute atomic E-state index is 0.107. The number of carbonyl (C=O) groups excluding carboxylic acids is 1. The van der Waals surface area contributed by atoms with Gasteiger partial charge in [-0.1, -0.05) is 66.7 Å². The number of carbonyl (C=O) groups is 1. The Balaban J connectivity index is 2.05. The molecule has 3 aromatic carbocycles. The van der Waals surface area contributed by atoms with Crippen molar-refractivity contribution in [2.24, 2.45) is 16.6 Å². The SMILES string of the molecule is NC(N)=NN(/C(=C1\C(=O)Nc2ccccc21)c1ccccc1)c1ccccc1. The number of para-hydroxylation sites is 2. The Kier molecular flexibility index (Phi) is 4.51. The van der Waals surface area contributed by atoms with E-state index in [0.717, 1.165) is 22.5 Å². The van der Waals surface area contributed by atoms with Gasteiger partial charge in [-0.2, -0.15) is 0 Å². The molecule has 138 valence electrons. The molecular weight excluding hydrogens is 350 g/mol. The zero-order chi connectivity index (χ0) is 19.5. The van der Waals surface area contributed by atoms with Crippen molar-refractivity contribution in [3.05, 3.63) is 96.1 Å². The number of rotatable bonds is 4. The number of hydrazone groups is 1. The van der Waals surface area contributed by atoms with Crippen LogP contribution in [0, 0.1) is 0 Å². The fourth-order valence-corrected chi connectivity index (χ4v) is 3.24. The smallest absolute Gasteiger partial charge is 0.258 e. The third kappa shape index (κ3) is 3.19. The van der Waals surface area contributed by atoms with Gasteiger partial charge < -0.3 is 16.8 Å². The lowest BCUT2D eigenvalue weighted by molar-refractivity contribution is -0.110. The molecule has 0 saturated heterocycles. The van der Waals surface area contributed by atoms with Gasteiger partial charge in [-0.05, 0) is 18.2 Å². The molecule has 5 N–H and O–H groups in total. The van der Waals surface area contributed by atoms with Gasteiger partial charge in [0.25, 0.3) is 5.91 Å². The maximum absolute atomic E-state index is 13.0. The molecule has 1 heterocycles. The third-order valence-electron chi connectivity index (χ3n) is 4.38.